The van der Waals surface area contributed by atoms with Gasteiger partial charge in [-0.2, -0.15) is 0 Å². The Kier molecular flexibility index (Phi) is 7.54. The summed E-state index contributed by atoms with van der Waals surface area (Å²) in [7, 11) is 1.70. The maximum atomic E-state index is 12.9. The van der Waals surface area contributed by atoms with E-state index >= 15 is 0 Å². The number of unbranched alkanes of at least 4 members (excludes halogenated alkanes) is 4. The molecule has 1 fully saturated rings. The van der Waals surface area contributed by atoms with Gasteiger partial charge >= 0.3 is 0 Å². The fourth-order valence-electron chi connectivity index (χ4n) is 3.19. The van der Waals surface area contributed by atoms with Crippen LogP contribution in [0, 0.1) is 6.92 Å². The van der Waals surface area contributed by atoms with E-state index in [1.807, 2.05) is 19.1 Å². The zero-order chi connectivity index (χ0) is 18.2. The molecule has 1 amide bonds. The first-order valence-corrected chi connectivity index (χ1v) is 9.68. The number of methoxy groups -OCH3 is 1. The fraction of sp³-hybridized carbons (Fsp3) is 0.591. The molecule has 0 radical (unpaired) electrons. The quantitative estimate of drug-likeness (QED) is 0.420. The first-order chi connectivity index (χ1) is 12.1. The molecule has 0 aromatic heterocycles. The Balaban J connectivity index is 2.03. The molecule has 0 bridgehead atoms. The number of benzene rings is 1. The largest absolute Gasteiger partial charge is 0.496 e. The van der Waals surface area contributed by atoms with Crippen LogP contribution >= 0.6 is 0 Å². The highest BCUT2D eigenvalue weighted by Crippen LogP contribution is 2.31. The molecule has 1 aromatic rings. The molecule has 2 rings (SSSR count). The molecule has 0 N–H and O–H groups in total. The summed E-state index contributed by atoms with van der Waals surface area (Å²) in [6.45, 7) is 6.93. The van der Waals surface area contributed by atoms with Crippen LogP contribution in [0.4, 0.5) is 0 Å². The van der Waals surface area contributed by atoms with Crippen molar-refractivity contribution in [2.75, 3.05) is 7.11 Å². The molecule has 0 spiro atoms. The van der Waals surface area contributed by atoms with Gasteiger partial charge in [0, 0.05) is 18.2 Å². The van der Waals surface area contributed by atoms with Crippen molar-refractivity contribution in [3.8, 4) is 5.75 Å². The molecule has 138 valence electrons. The summed E-state index contributed by atoms with van der Waals surface area (Å²) < 4.78 is 5.42. The van der Waals surface area contributed by atoms with Gasteiger partial charge < -0.3 is 9.64 Å². The predicted octanol–water partition coefficient (Wildman–Crippen LogP) is 5.41. The standard InChI is InChI=1S/C22H33NO2/c1-5-6-7-8-9-11-17(2)22(24)23(20-14-15-20)16-19-12-10-13-21(25-4)18(19)3/h10-13,20H,5-9,14-16H2,1-4H3. The molecule has 1 aliphatic carbocycles. The smallest absolute Gasteiger partial charge is 0.249 e. The van der Waals surface area contributed by atoms with E-state index in [0.29, 0.717) is 12.6 Å². The highest BCUT2D eigenvalue weighted by molar-refractivity contribution is 5.93. The van der Waals surface area contributed by atoms with Crippen LogP contribution in [-0.2, 0) is 11.3 Å². The van der Waals surface area contributed by atoms with Crippen LogP contribution in [0.2, 0.25) is 0 Å². The van der Waals surface area contributed by atoms with Gasteiger partial charge in [0.1, 0.15) is 5.75 Å². The molecular weight excluding hydrogens is 310 g/mol. The van der Waals surface area contributed by atoms with Gasteiger partial charge in [0.05, 0.1) is 7.11 Å². The Hall–Kier alpha value is -1.77. The second kappa shape index (κ2) is 9.65. The second-order valence-electron chi connectivity index (χ2n) is 7.15. The van der Waals surface area contributed by atoms with Gasteiger partial charge in [-0.25, -0.2) is 0 Å². The van der Waals surface area contributed by atoms with E-state index in [4.69, 9.17) is 4.74 Å². The minimum atomic E-state index is 0.195. The molecule has 0 unspecified atom stereocenters. The number of allylic oxidation sites excluding steroid dienone is 1. The first kappa shape index (κ1) is 19.6. The SMILES string of the molecule is CCCCCCC=C(C)C(=O)N(Cc1cccc(OC)c1C)C1CC1. The molecule has 25 heavy (non-hydrogen) atoms. The van der Waals surface area contributed by atoms with Gasteiger partial charge in [-0.3, -0.25) is 4.79 Å². The zero-order valence-corrected chi connectivity index (χ0v) is 16.3. The van der Waals surface area contributed by atoms with E-state index < -0.39 is 0 Å². The van der Waals surface area contributed by atoms with E-state index in [-0.39, 0.29) is 5.91 Å². The lowest BCUT2D eigenvalue weighted by atomic mass is 10.1. The van der Waals surface area contributed by atoms with E-state index in [9.17, 15) is 4.79 Å². The summed E-state index contributed by atoms with van der Waals surface area (Å²) in [6, 6.07) is 6.49. The molecule has 3 nitrogen and oxygen atoms in total. The van der Waals surface area contributed by atoms with E-state index in [1.54, 1.807) is 7.11 Å². The minimum Gasteiger partial charge on any atom is -0.496 e. The molecule has 1 saturated carbocycles. The van der Waals surface area contributed by atoms with Crippen LogP contribution in [0.15, 0.2) is 29.8 Å². The third-order valence-corrected chi connectivity index (χ3v) is 5.05. The predicted molar refractivity (Wildman–Crippen MR) is 104 cm³/mol. The number of amides is 1. The van der Waals surface area contributed by atoms with Gasteiger partial charge in [0.15, 0.2) is 0 Å². The van der Waals surface area contributed by atoms with Crippen LogP contribution in [0.1, 0.15) is 69.9 Å². The van der Waals surface area contributed by atoms with Crippen molar-refractivity contribution < 1.29 is 9.53 Å². The van der Waals surface area contributed by atoms with Crippen molar-refractivity contribution in [2.45, 2.75) is 78.3 Å². The van der Waals surface area contributed by atoms with Crippen LogP contribution in [0.5, 0.6) is 5.75 Å². The van der Waals surface area contributed by atoms with Crippen molar-refractivity contribution in [3.63, 3.8) is 0 Å². The maximum Gasteiger partial charge on any atom is 0.249 e. The van der Waals surface area contributed by atoms with Crippen LogP contribution in [0.3, 0.4) is 0 Å². The van der Waals surface area contributed by atoms with Gasteiger partial charge in [-0.05, 0) is 56.7 Å². The molecule has 1 aliphatic rings. The van der Waals surface area contributed by atoms with E-state index in [2.05, 4.69) is 30.9 Å². The number of carbonyl (C=O) groups is 1. The summed E-state index contributed by atoms with van der Waals surface area (Å²) in [5.41, 5.74) is 3.20. The van der Waals surface area contributed by atoms with Crippen molar-refractivity contribution in [1.29, 1.82) is 0 Å². The summed E-state index contributed by atoms with van der Waals surface area (Å²) in [6.07, 6.45) is 10.3. The Bertz CT molecular complexity index is 602. The Morgan fingerprint density at radius 3 is 2.68 bits per heavy atom. The number of hydrogen-bond donors (Lipinski definition) is 0. The maximum absolute atomic E-state index is 12.9. The molecule has 0 heterocycles. The summed E-state index contributed by atoms with van der Waals surface area (Å²) in [4.78, 5) is 15.0. The van der Waals surface area contributed by atoms with Crippen LogP contribution in [0.25, 0.3) is 0 Å². The van der Waals surface area contributed by atoms with Crippen molar-refractivity contribution in [3.05, 3.63) is 41.0 Å². The summed E-state index contributed by atoms with van der Waals surface area (Å²) in [5.74, 6) is 1.09. The Labute approximate surface area is 153 Å². The number of carbonyl (C=O) groups excluding carboxylic acids is 1. The molecule has 1 aromatic carbocycles. The highest BCUT2D eigenvalue weighted by atomic mass is 16.5. The van der Waals surface area contributed by atoms with Gasteiger partial charge in [0.2, 0.25) is 5.91 Å². The van der Waals surface area contributed by atoms with Crippen molar-refractivity contribution in [2.24, 2.45) is 0 Å². The topological polar surface area (TPSA) is 29.5 Å². The molecule has 0 aliphatic heterocycles. The van der Waals surface area contributed by atoms with Gasteiger partial charge in [-0.1, -0.05) is 44.4 Å². The molecule has 0 saturated heterocycles. The van der Waals surface area contributed by atoms with Crippen molar-refractivity contribution in [1.82, 2.24) is 4.90 Å². The lowest BCUT2D eigenvalue weighted by Gasteiger charge is -2.24. The number of ether oxygens (including phenoxy) is 1. The normalized spacial score (nSPS) is 14.5. The third-order valence-electron chi connectivity index (χ3n) is 5.05. The first-order valence-electron chi connectivity index (χ1n) is 9.68. The number of hydrogen-bond acceptors (Lipinski definition) is 2. The van der Waals surface area contributed by atoms with E-state index in [1.165, 1.54) is 31.2 Å². The number of nitrogens with zero attached hydrogens (tertiary/aromatic N) is 1. The van der Waals surface area contributed by atoms with Gasteiger partial charge in [-0.15, -0.1) is 0 Å². The van der Waals surface area contributed by atoms with Crippen molar-refractivity contribution >= 4 is 5.91 Å². The summed E-state index contributed by atoms with van der Waals surface area (Å²) >= 11 is 0. The molecular formula is C22H33NO2. The average Bonchev–Trinajstić information content (AvgIpc) is 3.45. The lowest BCUT2D eigenvalue weighted by Crippen LogP contribution is -2.33. The fourth-order valence-corrected chi connectivity index (χ4v) is 3.19. The average molecular weight is 344 g/mol. The Morgan fingerprint density at radius 1 is 1.28 bits per heavy atom. The molecule has 0 atom stereocenters. The zero-order valence-electron chi connectivity index (χ0n) is 16.3. The second-order valence-corrected chi connectivity index (χ2v) is 7.15. The lowest BCUT2D eigenvalue weighted by molar-refractivity contribution is -0.128. The van der Waals surface area contributed by atoms with Crippen LogP contribution < -0.4 is 4.74 Å². The summed E-state index contributed by atoms with van der Waals surface area (Å²) in [5, 5.41) is 0. The Morgan fingerprint density at radius 2 is 2.04 bits per heavy atom. The van der Waals surface area contributed by atoms with Gasteiger partial charge in [0.25, 0.3) is 0 Å². The highest BCUT2D eigenvalue weighted by Gasteiger charge is 2.33. The monoisotopic (exact) mass is 343 g/mol. The minimum absolute atomic E-state index is 0.195. The van der Waals surface area contributed by atoms with E-state index in [0.717, 1.165) is 36.1 Å². The van der Waals surface area contributed by atoms with Crippen LogP contribution in [-0.4, -0.2) is 24.0 Å². The number of rotatable bonds is 10. The molecule has 3 heteroatoms. The third kappa shape index (κ3) is 5.62.